The molecule has 0 amide bonds. The molecule has 1 aromatic heterocycles. The van der Waals surface area contributed by atoms with Gasteiger partial charge in [0.1, 0.15) is 5.75 Å². The van der Waals surface area contributed by atoms with Crippen LogP contribution in [0.4, 0.5) is 0 Å². The molecule has 3 heteroatoms. The second-order valence-corrected chi connectivity index (χ2v) is 6.97. The Kier molecular flexibility index (Phi) is 4.02. The van der Waals surface area contributed by atoms with Crippen molar-refractivity contribution >= 4 is 17.0 Å². The summed E-state index contributed by atoms with van der Waals surface area (Å²) >= 11 is 0. The maximum absolute atomic E-state index is 10.3. The van der Waals surface area contributed by atoms with Gasteiger partial charge in [-0.3, -0.25) is 4.98 Å². The average molecular weight is 330 g/mol. The molecule has 1 N–H and O–H groups in total. The standard InChI is InChI=1S/C22H22N2O/c1-24(2)14-19-18(7-5-9-22(19)25)15-10-11-17-12-16-6-3-4-8-20(16)23-21(17)13-15/h3-12,15,25H,13-14H2,1-2H3. The molecule has 0 fully saturated rings. The molecule has 4 rings (SSSR count). The molecule has 3 aromatic rings. The van der Waals surface area contributed by atoms with Gasteiger partial charge in [0.15, 0.2) is 0 Å². The van der Waals surface area contributed by atoms with E-state index in [2.05, 4.69) is 41.3 Å². The molecule has 1 atom stereocenters. The van der Waals surface area contributed by atoms with E-state index in [-0.39, 0.29) is 5.92 Å². The monoisotopic (exact) mass is 330 g/mol. The summed E-state index contributed by atoms with van der Waals surface area (Å²) in [7, 11) is 4.05. The number of phenols is 1. The van der Waals surface area contributed by atoms with E-state index in [1.807, 2.05) is 32.3 Å². The maximum atomic E-state index is 10.3. The molecule has 25 heavy (non-hydrogen) atoms. The first kappa shape index (κ1) is 15.9. The highest BCUT2D eigenvalue weighted by atomic mass is 16.3. The fourth-order valence-electron chi connectivity index (χ4n) is 3.62. The minimum atomic E-state index is 0.239. The fourth-order valence-corrected chi connectivity index (χ4v) is 3.62. The van der Waals surface area contributed by atoms with Crippen LogP contribution in [0, 0.1) is 0 Å². The number of phenolic OH excluding ortho intramolecular Hbond substituents is 1. The lowest BCUT2D eigenvalue weighted by molar-refractivity contribution is 0.383. The molecule has 3 nitrogen and oxygen atoms in total. The summed E-state index contributed by atoms with van der Waals surface area (Å²) in [5.41, 5.74) is 5.56. The first-order valence-electron chi connectivity index (χ1n) is 8.64. The Balaban J connectivity index is 1.74. The third-order valence-corrected chi connectivity index (χ3v) is 4.82. The fraction of sp³-hybridized carbons (Fsp3) is 0.227. The average Bonchev–Trinajstić information content (AvgIpc) is 2.61. The van der Waals surface area contributed by atoms with Gasteiger partial charge in [0.05, 0.1) is 5.52 Å². The van der Waals surface area contributed by atoms with Crippen LogP contribution in [0.15, 0.2) is 54.6 Å². The molecule has 1 heterocycles. The summed E-state index contributed by atoms with van der Waals surface area (Å²) in [6.07, 6.45) is 5.28. The van der Waals surface area contributed by atoms with Gasteiger partial charge in [0.2, 0.25) is 0 Å². The van der Waals surface area contributed by atoms with Crippen LogP contribution in [0.1, 0.15) is 28.3 Å². The predicted molar refractivity (Wildman–Crippen MR) is 103 cm³/mol. The Morgan fingerprint density at radius 3 is 2.80 bits per heavy atom. The highest BCUT2D eigenvalue weighted by molar-refractivity contribution is 5.82. The maximum Gasteiger partial charge on any atom is 0.120 e. The molecule has 0 aliphatic heterocycles. The lowest BCUT2D eigenvalue weighted by atomic mass is 9.84. The molecular formula is C22H22N2O. The van der Waals surface area contributed by atoms with Crippen LogP contribution >= 0.6 is 0 Å². The van der Waals surface area contributed by atoms with Crippen molar-refractivity contribution in [3.05, 3.63) is 77.0 Å². The van der Waals surface area contributed by atoms with Crippen molar-refractivity contribution in [3.63, 3.8) is 0 Å². The molecular weight excluding hydrogens is 308 g/mol. The van der Waals surface area contributed by atoms with Gasteiger partial charge in [-0.05, 0) is 43.4 Å². The number of aromatic nitrogens is 1. The summed E-state index contributed by atoms with van der Waals surface area (Å²) in [5, 5.41) is 11.5. The number of hydrogen-bond donors (Lipinski definition) is 1. The van der Waals surface area contributed by atoms with Crippen LogP contribution in [0.3, 0.4) is 0 Å². The van der Waals surface area contributed by atoms with Crippen LogP contribution in [-0.4, -0.2) is 29.1 Å². The van der Waals surface area contributed by atoms with Crippen LogP contribution in [-0.2, 0) is 13.0 Å². The molecule has 0 saturated heterocycles. The Hall–Kier alpha value is -2.65. The van der Waals surface area contributed by atoms with Crippen LogP contribution < -0.4 is 0 Å². The van der Waals surface area contributed by atoms with Crippen LogP contribution in [0.2, 0.25) is 0 Å². The predicted octanol–water partition coefficient (Wildman–Crippen LogP) is 4.36. The van der Waals surface area contributed by atoms with E-state index in [9.17, 15) is 5.11 Å². The largest absolute Gasteiger partial charge is 0.508 e. The van der Waals surface area contributed by atoms with Gasteiger partial charge in [-0.1, -0.05) is 42.5 Å². The van der Waals surface area contributed by atoms with Crippen molar-refractivity contribution in [1.29, 1.82) is 0 Å². The number of pyridine rings is 1. The van der Waals surface area contributed by atoms with Crippen molar-refractivity contribution in [3.8, 4) is 5.75 Å². The first-order valence-corrected chi connectivity index (χ1v) is 8.64. The van der Waals surface area contributed by atoms with E-state index in [4.69, 9.17) is 4.98 Å². The Labute approximate surface area is 148 Å². The van der Waals surface area contributed by atoms with Gasteiger partial charge >= 0.3 is 0 Å². The molecule has 0 bridgehead atoms. The van der Waals surface area contributed by atoms with Gasteiger partial charge in [-0.25, -0.2) is 0 Å². The molecule has 126 valence electrons. The lowest BCUT2D eigenvalue weighted by Gasteiger charge is -2.24. The SMILES string of the molecule is CN(C)Cc1c(O)cccc1C1C=Cc2cc3ccccc3nc2C1. The summed E-state index contributed by atoms with van der Waals surface area (Å²) < 4.78 is 0. The summed E-state index contributed by atoms with van der Waals surface area (Å²) in [6.45, 7) is 0.727. The van der Waals surface area contributed by atoms with E-state index in [0.29, 0.717) is 5.75 Å². The molecule has 1 aliphatic rings. The zero-order valence-corrected chi connectivity index (χ0v) is 14.6. The van der Waals surface area contributed by atoms with Crippen molar-refractivity contribution in [2.45, 2.75) is 18.9 Å². The number of hydrogen-bond acceptors (Lipinski definition) is 3. The molecule has 0 saturated carbocycles. The van der Waals surface area contributed by atoms with Gasteiger partial charge in [-0.2, -0.15) is 0 Å². The molecule has 0 radical (unpaired) electrons. The van der Waals surface area contributed by atoms with Gasteiger partial charge in [0.25, 0.3) is 0 Å². The first-order chi connectivity index (χ1) is 12.1. The highest BCUT2D eigenvalue weighted by Crippen LogP contribution is 2.35. The van der Waals surface area contributed by atoms with Crippen LogP contribution in [0.25, 0.3) is 17.0 Å². The molecule has 2 aromatic carbocycles. The smallest absolute Gasteiger partial charge is 0.120 e. The number of benzene rings is 2. The Morgan fingerprint density at radius 2 is 1.96 bits per heavy atom. The normalized spacial score (nSPS) is 16.4. The van der Waals surface area contributed by atoms with E-state index < -0.39 is 0 Å². The quantitative estimate of drug-likeness (QED) is 0.775. The molecule has 0 spiro atoms. The van der Waals surface area contributed by atoms with Gasteiger partial charge < -0.3 is 10.0 Å². The zero-order chi connectivity index (χ0) is 17.4. The number of fused-ring (bicyclic) bond motifs is 2. The highest BCUT2D eigenvalue weighted by Gasteiger charge is 2.21. The lowest BCUT2D eigenvalue weighted by Crippen LogP contribution is -2.15. The molecule has 1 unspecified atom stereocenters. The van der Waals surface area contributed by atoms with Crippen molar-refractivity contribution in [2.24, 2.45) is 0 Å². The second kappa shape index (κ2) is 6.34. The van der Waals surface area contributed by atoms with Crippen LogP contribution in [0.5, 0.6) is 5.75 Å². The van der Waals surface area contributed by atoms with Crippen molar-refractivity contribution in [1.82, 2.24) is 9.88 Å². The minimum absolute atomic E-state index is 0.239. The van der Waals surface area contributed by atoms with Gasteiger partial charge in [-0.15, -0.1) is 0 Å². The van der Waals surface area contributed by atoms with E-state index in [1.54, 1.807) is 6.07 Å². The van der Waals surface area contributed by atoms with E-state index in [1.165, 1.54) is 16.5 Å². The zero-order valence-electron chi connectivity index (χ0n) is 14.6. The number of para-hydroxylation sites is 1. The minimum Gasteiger partial charge on any atom is -0.508 e. The van der Waals surface area contributed by atoms with Crippen molar-refractivity contribution in [2.75, 3.05) is 14.1 Å². The summed E-state index contributed by atoms with van der Waals surface area (Å²) in [6, 6.07) is 16.3. The number of aromatic hydroxyl groups is 1. The Bertz CT molecular complexity index is 959. The summed E-state index contributed by atoms with van der Waals surface area (Å²) in [4.78, 5) is 6.97. The third kappa shape index (κ3) is 3.03. The third-order valence-electron chi connectivity index (χ3n) is 4.82. The second-order valence-electron chi connectivity index (χ2n) is 6.97. The number of nitrogens with zero attached hydrogens (tertiary/aromatic N) is 2. The molecule has 1 aliphatic carbocycles. The number of rotatable bonds is 3. The van der Waals surface area contributed by atoms with E-state index >= 15 is 0 Å². The summed E-state index contributed by atoms with van der Waals surface area (Å²) in [5.74, 6) is 0.611. The van der Waals surface area contributed by atoms with Gasteiger partial charge in [0, 0.05) is 35.5 Å². The topological polar surface area (TPSA) is 36.4 Å². The Morgan fingerprint density at radius 1 is 1.12 bits per heavy atom. The number of allylic oxidation sites excluding steroid dienone is 1. The van der Waals surface area contributed by atoms with Crippen molar-refractivity contribution < 1.29 is 5.11 Å². The van der Waals surface area contributed by atoms with E-state index in [0.717, 1.165) is 29.7 Å².